The zero-order valence-corrected chi connectivity index (χ0v) is 11.4. The molecule has 0 bridgehead atoms. The van der Waals surface area contributed by atoms with Crippen molar-refractivity contribution in [2.75, 3.05) is 20.7 Å². The third-order valence-corrected chi connectivity index (χ3v) is 4.21. The molecule has 0 saturated heterocycles. The van der Waals surface area contributed by atoms with Crippen molar-refractivity contribution in [3.8, 4) is 0 Å². The number of sulfonamides is 1. The Morgan fingerprint density at radius 2 is 2.10 bits per heavy atom. The van der Waals surface area contributed by atoms with Gasteiger partial charge in [0.15, 0.2) is 0 Å². The number of non-ortho nitro benzene ring substituents is 1. The summed E-state index contributed by atoms with van der Waals surface area (Å²) in [5.74, 6) is -1.99. The van der Waals surface area contributed by atoms with E-state index in [4.69, 9.17) is 0 Å². The van der Waals surface area contributed by atoms with Crippen molar-refractivity contribution in [2.24, 2.45) is 0 Å². The summed E-state index contributed by atoms with van der Waals surface area (Å²) < 4.78 is 42.5. The largest absolute Gasteiger partial charge is 0.468 e. The van der Waals surface area contributed by atoms with Gasteiger partial charge in [0.2, 0.25) is 10.0 Å². The average Bonchev–Trinajstić information content (AvgIpc) is 2.38. The molecule has 0 aromatic heterocycles. The van der Waals surface area contributed by atoms with E-state index in [9.17, 15) is 27.7 Å². The smallest absolute Gasteiger partial charge is 0.321 e. The number of benzene rings is 1. The van der Waals surface area contributed by atoms with Crippen molar-refractivity contribution in [2.45, 2.75) is 4.90 Å². The highest BCUT2D eigenvalue weighted by atomic mass is 32.2. The second-order valence-electron chi connectivity index (χ2n) is 3.71. The molecule has 0 amide bonds. The number of esters is 1. The molecule has 0 atom stereocenters. The number of halogens is 1. The molecular weight excluding hydrogens is 295 g/mol. The highest BCUT2D eigenvalue weighted by molar-refractivity contribution is 7.89. The summed E-state index contributed by atoms with van der Waals surface area (Å²) in [6.07, 6.45) is 0. The monoisotopic (exact) mass is 306 g/mol. The molecule has 0 N–H and O–H groups in total. The third kappa shape index (κ3) is 3.27. The Morgan fingerprint density at radius 1 is 1.50 bits per heavy atom. The van der Waals surface area contributed by atoms with Gasteiger partial charge in [-0.05, 0) is 6.07 Å². The molecule has 1 rings (SSSR count). The molecule has 0 fully saturated rings. The number of hydrogen-bond donors (Lipinski definition) is 0. The number of nitro benzene ring substituents is 1. The third-order valence-electron chi connectivity index (χ3n) is 2.39. The van der Waals surface area contributed by atoms with E-state index in [0.29, 0.717) is 16.4 Å². The van der Waals surface area contributed by atoms with Gasteiger partial charge in [-0.3, -0.25) is 14.9 Å². The molecule has 1 aromatic carbocycles. The molecule has 0 spiro atoms. The van der Waals surface area contributed by atoms with Crippen LogP contribution >= 0.6 is 0 Å². The Kier molecular flexibility index (Phi) is 4.73. The van der Waals surface area contributed by atoms with Crippen molar-refractivity contribution >= 4 is 21.7 Å². The first-order valence-electron chi connectivity index (χ1n) is 5.17. The van der Waals surface area contributed by atoms with Crippen LogP contribution in [0.3, 0.4) is 0 Å². The summed E-state index contributed by atoms with van der Waals surface area (Å²) in [7, 11) is -2.28. The number of ether oxygens (including phenoxy) is 1. The van der Waals surface area contributed by atoms with Crippen molar-refractivity contribution in [1.82, 2.24) is 4.31 Å². The fraction of sp³-hybridized carbons (Fsp3) is 0.300. The van der Waals surface area contributed by atoms with E-state index >= 15 is 0 Å². The molecule has 1 aromatic rings. The van der Waals surface area contributed by atoms with Crippen LogP contribution < -0.4 is 0 Å². The second kappa shape index (κ2) is 5.92. The summed E-state index contributed by atoms with van der Waals surface area (Å²) in [6.45, 7) is -0.638. The molecule has 20 heavy (non-hydrogen) atoms. The van der Waals surface area contributed by atoms with Gasteiger partial charge in [0.25, 0.3) is 5.69 Å². The zero-order valence-electron chi connectivity index (χ0n) is 10.6. The van der Waals surface area contributed by atoms with Gasteiger partial charge in [0, 0.05) is 19.2 Å². The lowest BCUT2D eigenvalue weighted by molar-refractivity contribution is -0.385. The highest BCUT2D eigenvalue weighted by Crippen LogP contribution is 2.23. The molecule has 0 radical (unpaired) electrons. The minimum Gasteiger partial charge on any atom is -0.468 e. The second-order valence-corrected chi connectivity index (χ2v) is 5.72. The summed E-state index contributed by atoms with van der Waals surface area (Å²) >= 11 is 0. The molecule has 110 valence electrons. The SMILES string of the molecule is COC(=O)CN(C)S(=O)(=O)c1cc([N+](=O)[O-])ccc1F. The Balaban J connectivity index is 3.24. The maximum absolute atomic E-state index is 13.6. The maximum atomic E-state index is 13.6. The van der Waals surface area contributed by atoms with Gasteiger partial charge < -0.3 is 4.74 Å². The van der Waals surface area contributed by atoms with Crippen LogP contribution in [0.1, 0.15) is 0 Å². The van der Waals surface area contributed by atoms with Gasteiger partial charge in [-0.15, -0.1) is 0 Å². The number of carbonyl (C=O) groups is 1. The quantitative estimate of drug-likeness (QED) is 0.446. The molecule has 0 unspecified atom stereocenters. The number of carbonyl (C=O) groups excluding carboxylic acids is 1. The van der Waals surface area contributed by atoms with E-state index in [1.807, 2.05) is 0 Å². The Morgan fingerprint density at radius 3 is 2.60 bits per heavy atom. The molecule has 0 heterocycles. The fourth-order valence-corrected chi connectivity index (χ4v) is 2.50. The van der Waals surface area contributed by atoms with E-state index in [1.54, 1.807) is 0 Å². The predicted octanol–water partition coefficient (Wildman–Crippen LogP) is 0.527. The molecule has 0 saturated carbocycles. The van der Waals surface area contributed by atoms with Gasteiger partial charge in [-0.1, -0.05) is 0 Å². The van der Waals surface area contributed by atoms with E-state index in [2.05, 4.69) is 4.74 Å². The van der Waals surface area contributed by atoms with Crippen LogP contribution in [-0.2, 0) is 19.6 Å². The predicted molar refractivity (Wildman–Crippen MR) is 64.9 cm³/mol. The van der Waals surface area contributed by atoms with Crippen molar-refractivity contribution in [1.29, 1.82) is 0 Å². The van der Waals surface area contributed by atoms with Crippen LogP contribution in [0.2, 0.25) is 0 Å². The van der Waals surface area contributed by atoms with Gasteiger partial charge in [0.1, 0.15) is 17.3 Å². The van der Waals surface area contributed by atoms with Gasteiger partial charge >= 0.3 is 5.97 Å². The lowest BCUT2D eigenvalue weighted by Crippen LogP contribution is -2.33. The number of nitro groups is 1. The number of likely N-dealkylation sites (N-methyl/N-ethyl adjacent to an activating group) is 1. The van der Waals surface area contributed by atoms with Crippen LogP contribution in [0.25, 0.3) is 0 Å². The average molecular weight is 306 g/mol. The summed E-state index contributed by atoms with van der Waals surface area (Å²) in [4.78, 5) is 19.9. The van der Waals surface area contributed by atoms with Gasteiger partial charge in [-0.2, -0.15) is 4.31 Å². The van der Waals surface area contributed by atoms with Crippen molar-refractivity contribution in [3.63, 3.8) is 0 Å². The number of rotatable bonds is 5. The first-order chi connectivity index (χ1) is 9.20. The maximum Gasteiger partial charge on any atom is 0.321 e. The normalized spacial score (nSPS) is 11.4. The van der Waals surface area contributed by atoms with Crippen molar-refractivity contribution in [3.05, 3.63) is 34.1 Å². The first-order valence-corrected chi connectivity index (χ1v) is 6.61. The Bertz CT molecular complexity index is 645. The minimum atomic E-state index is -4.38. The molecule has 0 aliphatic rings. The van der Waals surface area contributed by atoms with E-state index < -0.39 is 43.9 Å². The molecule has 10 heteroatoms. The van der Waals surface area contributed by atoms with E-state index in [0.717, 1.165) is 20.2 Å². The summed E-state index contributed by atoms with van der Waals surface area (Å²) in [5.41, 5.74) is -0.573. The van der Waals surface area contributed by atoms with Crippen LogP contribution in [-0.4, -0.2) is 44.3 Å². The Labute approximate surface area is 114 Å². The number of methoxy groups -OCH3 is 1. The lowest BCUT2D eigenvalue weighted by Gasteiger charge is -2.16. The van der Waals surface area contributed by atoms with Gasteiger partial charge in [0.05, 0.1) is 12.0 Å². The minimum absolute atomic E-state index is 0.543. The molecule has 0 aliphatic carbocycles. The zero-order chi connectivity index (χ0) is 15.5. The van der Waals surface area contributed by atoms with Crippen LogP contribution in [0.15, 0.2) is 23.1 Å². The van der Waals surface area contributed by atoms with E-state index in [-0.39, 0.29) is 0 Å². The topological polar surface area (TPSA) is 107 Å². The Hall–Kier alpha value is -2.07. The molecule has 0 aliphatic heterocycles. The van der Waals surface area contributed by atoms with Gasteiger partial charge in [-0.25, -0.2) is 12.8 Å². The molecular formula is C10H11FN2O6S. The van der Waals surface area contributed by atoms with Crippen LogP contribution in [0, 0.1) is 15.9 Å². The van der Waals surface area contributed by atoms with Crippen molar-refractivity contribution < 1.29 is 27.3 Å². The fourth-order valence-electron chi connectivity index (χ4n) is 1.30. The van der Waals surface area contributed by atoms with Crippen LogP contribution in [0.5, 0.6) is 0 Å². The van der Waals surface area contributed by atoms with Crippen LogP contribution in [0.4, 0.5) is 10.1 Å². The number of hydrogen-bond acceptors (Lipinski definition) is 6. The lowest BCUT2D eigenvalue weighted by atomic mass is 10.3. The standard InChI is InChI=1S/C10H11FN2O6S/c1-12(6-10(14)19-2)20(17,18)9-5-7(13(15)16)3-4-8(9)11/h3-5H,6H2,1-2H3. The summed E-state index contributed by atoms with van der Waals surface area (Å²) in [6, 6.07) is 2.12. The molecule has 8 nitrogen and oxygen atoms in total. The first kappa shape index (κ1) is 16.0. The summed E-state index contributed by atoms with van der Waals surface area (Å²) in [5, 5.41) is 10.6. The number of nitrogens with zero attached hydrogens (tertiary/aromatic N) is 2. The highest BCUT2D eigenvalue weighted by Gasteiger charge is 2.28. The van der Waals surface area contributed by atoms with E-state index in [1.165, 1.54) is 0 Å².